The number of halogens is 3. The van der Waals surface area contributed by atoms with Crippen LogP contribution in [0.1, 0.15) is 32.7 Å². The lowest BCUT2D eigenvalue weighted by Gasteiger charge is -2.19. The summed E-state index contributed by atoms with van der Waals surface area (Å²) in [5.74, 6) is -0.567. The lowest BCUT2D eigenvalue weighted by Crippen LogP contribution is -2.33. The highest BCUT2D eigenvalue weighted by molar-refractivity contribution is 5.95. The van der Waals surface area contributed by atoms with E-state index in [1.165, 1.54) is 24.3 Å². The number of alkyl halides is 3. The lowest BCUT2D eigenvalue weighted by molar-refractivity contribution is -0.138. The third-order valence-corrected chi connectivity index (χ3v) is 4.10. The molecule has 0 atom stereocenters. The molecule has 0 fully saturated rings. The van der Waals surface area contributed by atoms with Crippen LogP contribution < -0.4 is 16.2 Å². The molecule has 25 heavy (non-hydrogen) atoms. The molecule has 0 saturated carbocycles. The van der Waals surface area contributed by atoms with Crippen LogP contribution in [0.3, 0.4) is 0 Å². The van der Waals surface area contributed by atoms with E-state index in [-0.39, 0.29) is 17.7 Å². The first-order chi connectivity index (χ1) is 11.9. The van der Waals surface area contributed by atoms with Crippen molar-refractivity contribution in [1.82, 2.24) is 15.6 Å². The third-order valence-electron chi connectivity index (χ3n) is 4.10. The van der Waals surface area contributed by atoms with Gasteiger partial charge in [0.05, 0.1) is 11.1 Å². The van der Waals surface area contributed by atoms with Crippen LogP contribution in [0.15, 0.2) is 35.1 Å². The summed E-state index contributed by atoms with van der Waals surface area (Å²) in [5.41, 5.74) is 0.335. The topological polar surface area (TPSA) is 74.0 Å². The lowest BCUT2D eigenvalue weighted by atomic mass is 10.0. The van der Waals surface area contributed by atoms with Gasteiger partial charge in [0, 0.05) is 37.8 Å². The molecule has 5 nitrogen and oxygen atoms in total. The van der Waals surface area contributed by atoms with E-state index < -0.39 is 23.2 Å². The van der Waals surface area contributed by atoms with Crippen molar-refractivity contribution in [3.05, 3.63) is 68.6 Å². The number of aromatic amines is 1. The molecule has 0 unspecified atom stereocenters. The minimum absolute atomic E-state index is 0.0276. The molecule has 2 heterocycles. The molecule has 0 saturated heterocycles. The number of rotatable bonds is 3. The number of hydrogen-bond acceptors (Lipinski definition) is 3. The van der Waals surface area contributed by atoms with Gasteiger partial charge in [-0.05, 0) is 17.2 Å². The number of amides is 1. The standard InChI is InChI=1S/C17H16F3N3O2/c18-17(19,20)13-4-2-1-3-10(13)8-22-16(25)11-7-15(24)23-14-5-6-21-9-12(11)14/h1-4,7,21H,5-6,8-9H2,(H,22,25)(H,23,24). The predicted molar refractivity (Wildman–Crippen MR) is 85.1 cm³/mol. The minimum Gasteiger partial charge on any atom is -0.348 e. The monoisotopic (exact) mass is 351 g/mol. The summed E-state index contributed by atoms with van der Waals surface area (Å²) >= 11 is 0. The maximum Gasteiger partial charge on any atom is 0.416 e. The molecule has 1 aliphatic rings. The average Bonchev–Trinajstić information content (AvgIpc) is 2.58. The Morgan fingerprint density at radius 2 is 2.00 bits per heavy atom. The number of H-pyrrole nitrogens is 1. The molecule has 1 amide bonds. The molecule has 0 bridgehead atoms. The van der Waals surface area contributed by atoms with Crippen molar-refractivity contribution in [1.29, 1.82) is 0 Å². The van der Waals surface area contributed by atoms with Crippen molar-refractivity contribution in [2.45, 2.75) is 25.7 Å². The zero-order valence-electron chi connectivity index (χ0n) is 13.2. The number of carbonyl (C=O) groups is 1. The van der Waals surface area contributed by atoms with Crippen LogP contribution in [0.4, 0.5) is 13.2 Å². The second-order valence-electron chi connectivity index (χ2n) is 5.77. The Kier molecular flexibility index (Phi) is 4.63. The Morgan fingerprint density at radius 1 is 1.24 bits per heavy atom. The van der Waals surface area contributed by atoms with Gasteiger partial charge in [-0.3, -0.25) is 9.59 Å². The Labute approximate surface area is 141 Å². The van der Waals surface area contributed by atoms with Gasteiger partial charge in [-0.15, -0.1) is 0 Å². The fourth-order valence-corrected chi connectivity index (χ4v) is 2.91. The fourth-order valence-electron chi connectivity index (χ4n) is 2.91. The minimum atomic E-state index is -4.49. The molecule has 0 aliphatic carbocycles. The van der Waals surface area contributed by atoms with Gasteiger partial charge in [-0.1, -0.05) is 18.2 Å². The van der Waals surface area contributed by atoms with E-state index in [1.807, 2.05) is 0 Å². The van der Waals surface area contributed by atoms with Crippen molar-refractivity contribution in [3.63, 3.8) is 0 Å². The zero-order valence-corrected chi connectivity index (χ0v) is 13.2. The molecule has 1 aliphatic heterocycles. The fraction of sp³-hybridized carbons (Fsp3) is 0.294. The SMILES string of the molecule is O=C(NCc1ccccc1C(F)(F)F)c1cc(=O)[nH]c2c1CNCC2. The van der Waals surface area contributed by atoms with E-state index >= 15 is 0 Å². The molecule has 0 spiro atoms. The number of benzene rings is 1. The number of aromatic nitrogens is 1. The number of fused-ring (bicyclic) bond motifs is 1. The summed E-state index contributed by atoms with van der Waals surface area (Å²) in [5, 5.41) is 5.59. The molecule has 3 N–H and O–H groups in total. The van der Waals surface area contributed by atoms with Gasteiger partial charge < -0.3 is 15.6 Å². The number of carbonyl (C=O) groups excluding carboxylic acids is 1. The van der Waals surface area contributed by atoms with Crippen LogP contribution in [0.2, 0.25) is 0 Å². The second-order valence-corrected chi connectivity index (χ2v) is 5.77. The average molecular weight is 351 g/mol. The summed E-state index contributed by atoms with van der Waals surface area (Å²) in [4.78, 5) is 26.9. The first-order valence-electron chi connectivity index (χ1n) is 7.75. The van der Waals surface area contributed by atoms with Crippen molar-refractivity contribution in [2.75, 3.05) is 6.54 Å². The Bertz CT molecular complexity index is 859. The predicted octanol–water partition coefficient (Wildman–Crippen LogP) is 1.97. The highest BCUT2D eigenvalue weighted by atomic mass is 19.4. The second kappa shape index (κ2) is 6.72. The summed E-state index contributed by atoms with van der Waals surface area (Å²) < 4.78 is 39.0. The number of pyridine rings is 1. The maximum atomic E-state index is 13.0. The van der Waals surface area contributed by atoms with E-state index in [0.717, 1.165) is 6.07 Å². The first kappa shape index (κ1) is 17.2. The van der Waals surface area contributed by atoms with E-state index in [1.54, 1.807) is 0 Å². The summed E-state index contributed by atoms with van der Waals surface area (Å²) in [7, 11) is 0. The molecule has 1 aromatic carbocycles. The van der Waals surface area contributed by atoms with Gasteiger partial charge in [-0.2, -0.15) is 13.2 Å². The molecule has 132 valence electrons. The quantitative estimate of drug-likeness (QED) is 0.792. The Morgan fingerprint density at radius 3 is 2.76 bits per heavy atom. The number of hydrogen-bond donors (Lipinski definition) is 3. The zero-order chi connectivity index (χ0) is 18.0. The highest BCUT2D eigenvalue weighted by Gasteiger charge is 2.33. The van der Waals surface area contributed by atoms with E-state index in [9.17, 15) is 22.8 Å². The van der Waals surface area contributed by atoms with Gasteiger partial charge >= 0.3 is 6.18 Å². The number of nitrogens with one attached hydrogen (secondary N) is 3. The molecule has 1 aromatic heterocycles. The van der Waals surface area contributed by atoms with Crippen LogP contribution in [-0.2, 0) is 25.7 Å². The molecule has 0 radical (unpaired) electrons. The van der Waals surface area contributed by atoms with Crippen LogP contribution >= 0.6 is 0 Å². The molecular formula is C17H16F3N3O2. The van der Waals surface area contributed by atoms with Crippen molar-refractivity contribution >= 4 is 5.91 Å². The van der Waals surface area contributed by atoms with Crippen molar-refractivity contribution in [2.24, 2.45) is 0 Å². The van der Waals surface area contributed by atoms with Crippen LogP contribution in [-0.4, -0.2) is 17.4 Å². The van der Waals surface area contributed by atoms with Crippen molar-refractivity contribution < 1.29 is 18.0 Å². The van der Waals surface area contributed by atoms with Gasteiger partial charge in [0.15, 0.2) is 0 Å². The summed E-state index contributed by atoms with van der Waals surface area (Å²) in [6.07, 6.45) is -3.91. The summed E-state index contributed by atoms with van der Waals surface area (Å²) in [6.45, 7) is 0.838. The van der Waals surface area contributed by atoms with E-state index in [2.05, 4.69) is 15.6 Å². The van der Waals surface area contributed by atoms with Crippen LogP contribution in [0, 0.1) is 0 Å². The van der Waals surface area contributed by atoms with Crippen LogP contribution in [0.25, 0.3) is 0 Å². The van der Waals surface area contributed by atoms with Gasteiger partial charge in [0.1, 0.15) is 0 Å². The van der Waals surface area contributed by atoms with E-state index in [0.29, 0.717) is 30.8 Å². The Balaban J connectivity index is 1.83. The Hall–Kier alpha value is -2.61. The summed E-state index contributed by atoms with van der Waals surface area (Å²) in [6, 6.07) is 6.25. The molecular weight excluding hydrogens is 335 g/mol. The normalized spacial score (nSPS) is 14.0. The molecule has 2 aromatic rings. The highest BCUT2D eigenvalue weighted by Crippen LogP contribution is 2.31. The van der Waals surface area contributed by atoms with Gasteiger partial charge in [0.2, 0.25) is 5.56 Å². The maximum absolute atomic E-state index is 13.0. The molecule has 3 rings (SSSR count). The van der Waals surface area contributed by atoms with E-state index in [4.69, 9.17) is 0 Å². The largest absolute Gasteiger partial charge is 0.416 e. The smallest absolute Gasteiger partial charge is 0.348 e. The molecule has 8 heteroatoms. The van der Waals surface area contributed by atoms with Gasteiger partial charge in [-0.25, -0.2) is 0 Å². The van der Waals surface area contributed by atoms with Crippen molar-refractivity contribution in [3.8, 4) is 0 Å². The van der Waals surface area contributed by atoms with Crippen LogP contribution in [0.5, 0.6) is 0 Å². The van der Waals surface area contributed by atoms with Gasteiger partial charge in [0.25, 0.3) is 5.91 Å². The third kappa shape index (κ3) is 3.74. The first-order valence-corrected chi connectivity index (χ1v) is 7.75.